The van der Waals surface area contributed by atoms with Gasteiger partial charge in [-0.2, -0.15) is 0 Å². The van der Waals surface area contributed by atoms with Gasteiger partial charge in [0.2, 0.25) is 0 Å². The lowest BCUT2D eigenvalue weighted by molar-refractivity contribution is 1.25. The smallest absolute Gasteiger partial charge is 0.0557 e. The summed E-state index contributed by atoms with van der Waals surface area (Å²) in [6, 6.07) is 1.29. The normalized spacial score (nSPS) is 15.9. The first-order chi connectivity index (χ1) is 6.17. The second-order valence-corrected chi connectivity index (χ2v) is 17.2. The average Bonchev–Trinajstić information content (AvgIpc) is 1.93. The molecule has 0 saturated heterocycles. The van der Waals surface area contributed by atoms with E-state index in [0.29, 0.717) is 5.54 Å². The average molecular weight is 227 g/mol. The van der Waals surface area contributed by atoms with Gasteiger partial charge in [0.15, 0.2) is 0 Å². The lowest BCUT2D eigenvalue weighted by Crippen LogP contribution is -2.25. The van der Waals surface area contributed by atoms with Gasteiger partial charge in [-0.15, -0.1) is 6.58 Å². The summed E-state index contributed by atoms with van der Waals surface area (Å²) in [5, 5.41) is 0. The third kappa shape index (κ3) is 6.38. The predicted molar refractivity (Wildman–Crippen MR) is 74.6 cm³/mol. The van der Waals surface area contributed by atoms with Crippen molar-refractivity contribution in [3.63, 3.8) is 0 Å². The first-order valence-corrected chi connectivity index (χ1v) is 12.7. The standard InChI is InChI=1S/C12H26Si2/c1-8-12(14(5,6)7)10-9-11-13(2,3)4/h8-10,12H,1,11H2,2-7H3. The Morgan fingerprint density at radius 2 is 1.57 bits per heavy atom. The zero-order chi connectivity index (χ0) is 11.4. The molecule has 0 heterocycles. The third-order valence-corrected chi connectivity index (χ3v) is 6.22. The van der Waals surface area contributed by atoms with Crippen LogP contribution >= 0.6 is 0 Å². The highest BCUT2D eigenvalue weighted by Crippen LogP contribution is 2.24. The van der Waals surface area contributed by atoms with Crippen molar-refractivity contribution in [2.75, 3.05) is 0 Å². The van der Waals surface area contributed by atoms with Crippen LogP contribution in [0, 0.1) is 0 Å². The number of hydrogen-bond donors (Lipinski definition) is 0. The van der Waals surface area contributed by atoms with Crippen LogP contribution in [0.2, 0.25) is 50.9 Å². The molecule has 0 aromatic heterocycles. The highest BCUT2D eigenvalue weighted by atomic mass is 28.3. The van der Waals surface area contributed by atoms with Crippen LogP contribution in [0.1, 0.15) is 0 Å². The van der Waals surface area contributed by atoms with Gasteiger partial charge in [0.1, 0.15) is 0 Å². The Balaban J connectivity index is 4.27. The van der Waals surface area contributed by atoms with Crippen LogP contribution in [-0.2, 0) is 0 Å². The van der Waals surface area contributed by atoms with Gasteiger partial charge in [-0.1, -0.05) is 57.5 Å². The van der Waals surface area contributed by atoms with Crippen molar-refractivity contribution in [2.24, 2.45) is 0 Å². The third-order valence-electron chi connectivity index (χ3n) is 2.33. The first-order valence-electron chi connectivity index (χ1n) is 5.46. The quantitative estimate of drug-likeness (QED) is 0.468. The maximum Gasteiger partial charge on any atom is 0.0557 e. The van der Waals surface area contributed by atoms with Crippen molar-refractivity contribution >= 4 is 16.1 Å². The number of hydrogen-bond acceptors (Lipinski definition) is 0. The molecule has 0 spiro atoms. The van der Waals surface area contributed by atoms with Gasteiger partial charge in [-0.25, -0.2) is 0 Å². The Labute approximate surface area is 92.1 Å². The summed E-state index contributed by atoms with van der Waals surface area (Å²) in [6.07, 6.45) is 6.89. The van der Waals surface area contributed by atoms with Gasteiger partial charge in [0, 0.05) is 8.07 Å². The van der Waals surface area contributed by atoms with E-state index in [0.717, 1.165) is 0 Å². The first kappa shape index (κ1) is 13.9. The molecule has 0 aromatic rings. The molecule has 0 nitrogen and oxygen atoms in total. The molecule has 0 aliphatic carbocycles. The molecule has 14 heavy (non-hydrogen) atoms. The molecule has 0 saturated carbocycles. The molecule has 0 aliphatic rings. The lowest BCUT2D eigenvalue weighted by Gasteiger charge is -2.23. The second-order valence-electron chi connectivity index (χ2n) is 6.32. The molecule has 0 aliphatic heterocycles. The summed E-state index contributed by atoms with van der Waals surface area (Å²) in [5.41, 5.74) is 0.638. The maximum absolute atomic E-state index is 3.94. The largest absolute Gasteiger partial charge is 0.103 e. The summed E-state index contributed by atoms with van der Waals surface area (Å²) in [6.45, 7) is 18.4. The molecule has 2 heteroatoms. The van der Waals surface area contributed by atoms with Gasteiger partial charge < -0.3 is 0 Å². The zero-order valence-corrected chi connectivity index (χ0v) is 12.7. The molecule has 82 valence electrons. The van der Waals surface area contributed by atoms with Crippen molar-refractivity contribution < 1.29 is 0 Å². The summed E-state index contributed by atoms with van der Waals surface area (Å²) < 4.78 is 0. The minimum absolute atomic E-state index is 0.638. The molecule has 0 fully saturated rings. The Hall–Kier alpha value is -0.0862. The fourth-order valence-corrected chi connectivity index (χ4v) is 3.55. The molecule has 1 atom stereocenters. The topological polar surface area (TPSA) is 0 Å². The van der Waals surface area contributed by atoms with E-state index in [1.165, 1.54) is 6.04 Å². The Morgan fingerprint density at radius 3 is 1.86 bits per heavy atom. The Bertz CT molecular complexity index is 203. The number of rotatable bonds is 5. The van der Waals surface area contributed by atoms with Crippen LogP contribution in [0.25, 0.3) is 0 Å². The highest BCUT2D eigenvalue weighted by Gasteiger charge is 2.21. The fraction of sp³-hybridized carbons (Fsp3) is 0.667. The van der Waals surface area contributed by atoms with Gasteiger partial charge in [-0.3, -0.25) is 0 Å². The molecular weight excluding hydrogens is 200 g/mol. The van der Waals surface area contributed by atoms with E-state index >= 15 is 0 Å². The Kier molecular flexibility index (Phi) is 5.09. The van der Waals surface area contributed by atoms with E-state index in [-0.39, 0.29) is 0 Å². The van der Waals surface area contributed by atoms with Gasteiger partial charge in [0.05, 0.1) is 8.07 Å². The van der Waals surface area contributed by atoms with E-state index in [4.69, 9.17) is 0 Å². The summed E-state index contributed by atoms with van der Waals surface area (Å²) >= 11 is 0. The van der Waals surface area contributed by atoms with Crippen LogP contribution in [0.4, 0.5) is 0 Å². The molecule has 0 amide bonds. The molecule has 0 radical (unpaired) electrons. The molecule has 0 bridgehead atoms. The van der Waals surface area contributed by atoms with Gasteiger partial charge in [-0.05, 0) is 11.6 Å². The van der Waals surface area contributed by atoms with E-state index in [1.54, 1.807) is 0 Å². The number of allylic oxidation sites excluding steroid dienone is 3. The van der Waals surface area contributed by atoms with E-state index in [2.05, 4.69) is 64.1 Å². The lowest BCUT2D eigenvalue weighted by atomic mass is 10.4. The van der Waals surface area contributed by atoms with Crippen LogP contribution < -0.4 is 0 Å². The molecular formula is C12H26Si2. The van der Waals surface area contributed by atoms with Gasteiger partial charge >= 0.3 is 0 Å². The van der Waals surface area contributed by atoms with Crippen LogP contribution in [0.15, 0.2) is 24.8 Å². The molecule has 0 rings (SSSR count). The highest BCUT2D eigenvalue weighted by molar-refractivity contribution is 6.78. The second kappa shape index (κ2) is 5.12. The molecule has 1 unspecified atom stereocenters. The Morgan fingerprint density at radius 1 is 1.07 bits per heavy atom. The van der Waals surface area contributed by atoms with Gasteiger partial charge in [0.25, 0.3) is 0 Å². The monoisotopic (exact) mass is 226 g/mol. The van der Waals surface area contributed by atoms with Crippen LogP contribution in [0.5, 0.6) is 0 Å². The van der Waals surface area contributed by atoms with Crippen molar-refractivity contribution in [1.82, 2.24) is 0 Å². The van der Waals surface area contributed by atoms with E-state index in [9.17, 15) is 0 Å². The summed E-state index contributed by atoms with van der Waals surface area (Å²) in [5.74, 6) is 0. The minimum atomic E-state index is -1.07. The van der Waals surface area contributed by atoms with Crippen LogP contribution in [0.3, 0.4) is 0 Å². The van der Waals surface area contributed by atoms with Crippen molar-refractivity contribution in [3.8, 4) is 0 Å². The predicted octanol–water partition coefficient (Wildman–Crippen LogP) is 4.78. The van der Waals surface area contributed by atoms with Crippen molar-refractivity contribution in [3.05, 3.63) is 24.8 Å². The molecule has 0 aromatic carbocycles. The van der Waals surface area contributed by atoms with Crippen molar-refractivity contribution in [1.29, 1.82) is 0 Å². The van der Waals surface area contributed by atoms with E-state index < -0.39 is 16.1 Å². The zero-order valence-electron chi connectivity index (χ0n) is 10.7. The van der Waals surface area contributed by atoms with Crippen LogP contribution in [-0.4, -0.2) is 16.1 Å². The maximum atomic E-state index is 3.94. The van der Waals surface area contributed by atoms with Crippen molar-refractivity contribution in [2.45, 2.75) is 50.9 Å². The molecule has 0 N–H and O–H groups in total. The van der Waals surface area contributed by atoms with E-state index in [1.807, 2.05) is 0 Å². The minimum Gasteiger partial charge on any atom is -0.103 e. The summed E-state index contributed by atoms with van der Waals surface area (Å²) in [7, 11) is -1.97. The fourth-order valence-electron chi connectivity index (χ4n) is 1.29. The summed E-state index contributed by atoms with van der Waals surface area (Å²) in [4.78, 5) is 0. The SMILES string of the molecule is C=CC(C=CC[Si](C)(C)C)[Si](C)(C)C.